The van der Waals surface area contributed by atoms with Crippen LogP contribution in [0.1, 0.15) is 48.3 Å². The van der Waals surface area contributed by atoms with Crippen molar-refractivity contribution in [3.8, 4) is 11.1 Å². The molecule has 5 aromatic rings. The van der Waals surface area contributed by atoms with Crippen LogP contribution in [0.2, 0.25) is 0 Å². The summed E-state index contributed by atoms with van der Waals surface area (Å²) in [4.78, 5) is 13.6. The van der Waals surface area contributed by atoms with Crippen LogP contribution < -0.4 is 0 Å². The molecule has 0 saturated heterocycles. The van der Waals surface area contributed by atoms with E-state index in [2.05, 4.69) is 76.4 Å². The van der Waals surface area contributed by atoms with Crippen molar-refractivity contribution in [3.05, 3.63) is 108 Å². The molecule has 0 radical (unpaired) electrons. The van der Waals surface area contributed by atoms with Crippen LogP contribution in [0, 0.1) is 6.92 Å². The highest BCUT2D eigenvalue weighted by atomic mass is 16.5. The number of fused-ring (bicyclic) bond motifs is 1. The molecule has 162 valence electrons. The van der Waals surface area contributed by atoms with Gasteiger partial charge in [0.25, 0.3) is 5.89 Å². The largest absolute Gasteiger partial charge is 0.334 e. The van der Waals surface area contributed by atoms with E-state index in [1.54, 1.807) is 6.20 Å². The second-order valence-corrected chi connectivity index (χ2v) is 8.34. The number of nitrogens with zero attached hydrogens (tertiary/aromatic N) is 4. The molecule has 5 heteroatoms. The Labute approximate surface area is 192 Å². The molecule has 0 fully saturated rings. The minimum absolute atomic E-state index is 0.424. The summed E-state index contributed by atoms with van der Waals surface area (Å²) in [5, 5.41) is 5.12. The molecule has 0 spiro atoms. The van der Waals surface area contributed by atoms with Gasteiger partial charge in [-0.2, -0.15) is 4.98 Å². The molecule has 3 heterocycles. The SMILES string of the molecule is Cc1noc(C(=Cc2cccc(-c3cc(C(C)C)cc4cccnc34)c2)c2ccccn2)n1. The standard InChI is InChI=1S/C28H24N4O/c1-18(2)23-16-22-10-7-13-30-27(22)24(17-23)21-9-6-8-20(14-21)15-25(26-11-4-5-12-29-26)28-31-19(3)32-33-28/h4-18H,1-3H3. The third-order valence-electron chi connectivity index (χ3n) is 5.60. The number of aromatic nitrogens is 4. The molecule has 3 aromatic heterocycles. The molecule has 0 bridgehead atoms. The first-order valence-corrected chi connectivity index (χ1v) is 11.0. The average Bonchev–Trinajstić information content (AvgIpc) is 3.28. The van der Waals surface area contributed by atoms with Gasteiger partial charge in [0, 0.05) is 23.3 Å². The van der Waals surface area contributed by atoms with E-state index in [0.717, 1.165) is 38.9 Å². The van der Waals surface area contributed by atoms with Crippen LogP contribution >= 0.6 is 0 Å². The summed E-state index contributed by atoms with van der Waals surface area (Å²) in [5.41, 5.74) is 7.11. The Bertz CT molecular complexity index is 1450. The normalized spacial score (nSPS) is 11.9. The first-order valence-electron chi connectivity index (χ1n) is 11.0. The van der Waals surface area contributed by atoms with Crippen molar-refractivity contribution in [1.82, 2.24) is 20.1 Å². The molecule has 0 atom stereocenters. The van der Waals surface area contributed by atoms with Crippen LogP contribution in [0.15, 0.2) is 83.6 Å². The average molecular weight is 433 g/mol. The van der Waals surface area contributed by atoms with Crippen molar-refractivity contribution in [3.63, 3.8) is 0 Å². The molecule has 0 aliphatic heterocycles. The quantitative estimate of drug-likeness (QED) is 0.309. The molecule has 2 aromatic carbocycles. The van der Waals surface area contributed by atoms with Gasteiger partial charge in [0.05, 0.1) is 16.8 Å². The number of pyridine rings is 2. The molecule has 5 nitrogen and oxygen atoms in total. The van der Waals surface area contributed by atoms with Crippen molar-refractivity contribution in [2.24, 2.45) is 0 Å². The molecule has 0 N–H and O–H groups in total. The van der Waals surface area contributed by atoms with Crippen molar-refractivity contribution in [2.75, 3.05) is 0 Å². The van der Waals surface area contributed by atoms with Gasteiger partial charge in [-0.25, -0.2) is 0 Å². The maximum absolute atomic E-state index is 5.49. The molecular formula is C28H24N4O. The Morgan fingerprint density at radius 1 is 0.909 bits per heavy atom. The Hall–Kier alpha value is -4.12. The summed E-state index contributed by atoms with van der Waals surface area (Å²) in [5.74, 6) is 1.46. The van der Waals surface area contributed by atoms with Gasteiger partial charge in [0.15, 0.2) is 5.82 Å². The molecule has 5 rings (SSSR count). The maximum Gasteiger partial charge on any atom is 0.260 e. The van der Waals surface area contributed by atoms with Crippen LogP contribution in [-0.4, -0.2) is 20.1 Å². The predicted molar refractivity (Wildman–Crippen MR) is 132 cm³/mol. The second kappa shape index (κ2) is 8.79. The van der Waals surface area contributed by atoms with E-state index >= 15 is 0 Å². The van der Waals surface area contributed by atoms with Crippen LogP contribution in [-0.2, 0) is 0 Å². The van der Waals surface area contributed by atoms with Gasteiger partial charge in [-0.3, -0.25) is 9.97 Å². The zero-order valence-electron chi connectivity index (χ0n) is 18.9. The minimum Gasteiger partial charge on any atom is -0.334 e. The Balaban J connectivity index is 1.66. The van der Waals surface area contributed by atoms with E-state index in [1.807, 2.05) is 43.5 Å². The van der Waals surface area contributed by atoms with Crippen molar-refractivity contribution in [1.29, 1.82) is 0 Å². The van der Waals surface area contributed by atoms with E-state index in [0.29, 0.717) is 17.6 Å². The molecule has 0 amide bonds. The van der Waals surface area contributed by atoms with Crippen LogP contribution in [0.3, 0.4) is 0 Å². The molecule has 0 aliphatic rings. The van der Waals surface area contributed by atoms with Crippen molar-refractivity contribution >= 4 is 22.6 Å². The molecule has 0 aliphatic carbocycles. The Morgan fingerprint density at radius 2 is 1.79 bits per heavy atom. The summed E-state index contributed by atoms with van der Waals surface area (Å²) in [6.07, 6.45) is 5.65. The van der Waals surface area contributed by atoms with Gasteiger partial charge >= 0.3 is 0 Å². The number of hydrogen-bond donors (Lipinski definition) is 0. The number of hydrogen-bond acceptors (Lipinski definition) is 5. The second-order valence-electron chi connectivity index (χ2n) is 8.34. The first kappa shape index (κ1) is 20.8. The lowest BCUT2D eigenvalue weighted by Gasteiger charge is -2.13. The van der Waals surface area contributed by atoms with E-state index in [9.17, 15) is 0 Å². The van der Waals surface area contributed by atoms with Crippen LogP contribution in [0.5, 0.6) is 0 Å². The van der Waals surface area contributed by atoms with Gasteiger partial charge in [-0.15, -0.1) is 0 Å². The molecule has 0 unspecified atom stereocenters. The molecule has 0 saturated carbocycles. The van der Waals surface area contributed by atoms with Crippen molar-refractivity contribution < 1.29 is 4.52 Å². The van der Waals surface area contributed by atoms with Gasteiger partial charge in [-0.05, 0) is 72.0 Å². The Morgan fingerprint density at radius 3 is 2.55 bits per heavy atom. The van der Waals surface area contributed by atoms with E-state index < -0.39 is 0 Å². The van der Waals surface area contributed by atoms with E-state index in [1.165, 1.54) is 5.56 Å². The number of rotatable bonds is 5. The van der Waals surface area contributed by atoms with Gasteiger partial charge in [-0.1, -0.05) is 49.3 Å². The zero-order valence-corrected chi connectivity index (χ0v) is 18.9. The summed E-state index contributed by atoms with van der Waals surface area (Å²) < 4.78 is 5.49. The first-order chi connectivity index (χ1) is 16.1. The fourth-order valence-corrected chi connectivity index (χ4v) is 3.91. The summed E-state index contributed by atoms with van der Waals surface area (Å²) in [7, 11) is 0. The van der Waals surface area contributed by atoms with Gasteiger partial charge in [0.2, 0.25) is 0 Å². The predicted octanol–water partition coefficient (Wildman–Crippen LogP) is 6.70. The highest BCUT2D eigenvalue weighted by molar-refractivity contribution is 5.95. The topological polar surface area (TPSA) is 64.7 Å². The smallest absolute Gasteiger partial charge is 0.260 e. The number of aryl methyl sites for hydroxylation is 1. The molecule has 33 heavy (non-hydrogen) atoms. The van der Waals surface area contributed by atoms with Crippen molar-refractivity contribution in [2.45, 2.75) is 26.7 Å². The lowest BCUT2D eigenvalue weighted by Crippen LogP contribution is -1.93. The van der Waals surface area contributed by atoms with Gasteiger partial charge < -0.3 is 4.52 Å². The maximum atomic E-state index is 5.49. The fourth-order valence-electron chi connectivity index (χ4n) is 3.91. The lowest BCUT2D eigenvalue weighted by molar-refractivity contribution is 0.403. The van der Waals surface area contributed by atoms with Crippen LogP contribution in [0.25, 0.3) is 33.7 Å². The fraction of sp³-hybridized carbons (Fsp3) is 0.143. The summed E-state index contributed by atoms with van der Waals surface area (Å²) >= 11 is 0. The van der Waals surface area contributed by atoms with E-state index in [4.69, 9.17) is 4.52 Å². The highest BCUT2D eigenvalue weighted by Crippen LogP contribution is 2.33. The number of benzene rings is 2. The van der Waals surface area contributed by atoms with Gasteiger partial charge in [0.1, 0.15) is 0 Å². The lowest BCUT2D eigenvalue weighted by atomic mass is 9.93. The van der Waals surface area contributed by atoms with E-state index in [-0.39, 0.29) is 0 Å². The third-order valence-corrected chi connectivity index (χ3v) is 5.60. The monoisotopic (exact) mass is 432 g/mol. The van der Waals surface area contributed by atoms with Crippen LogP contribution in [0.4, 0.5) is 0 Å². The summed E-state index contributed by atoms with van der Waals surface area (Å²) in [6.45, 7) is 6.24. The minimum atomic E-state index is 0.424. The Kier molecular flexibility index (Phi) is 5.53. The molecular weight excluding hydrogens is 408 g/mol. The third kappa shape index (κ3) is 4.30. The summed E-state index contributed by atoms with van der Waals surface area (Å²) in [6, 6.07) is 22.8. The zero-order chi connectivity index (χ0) is 22.8. The highest BCUT2D eigenvalue weighted by Gasteiger charge is 2.15.